The van der Waals surface area contributed by atoms with Crippen molar-refractivity contribution < 1.29 is 40.2 Å². The molecule has 1 amide bonds. The summed E-state index contributed by atoms with van der Waals surface area (Å²) in [5.74, 6) is -3.02. The monoisotopic (exact) mass is 350 g/mol. The number of hydrogen-bond donors (Lipinski definition) is 8. The maximum absolute atomic E-state index is 11.4. The highest BCUT2D eigenvalue weighted by molar-refractivity contribution is 5.85. The van der Waals surface area contributed by atoms with E-state index in [0.29, 0.717) is 0 Å². The maximum Gasteiger partial charge on any atom is 0.370 e. The number of carboxylic acid groups (broad SMARTS) is 1. The van der Waals surface area contributed by atoms with Gasteiger partial charge in [0.1, 0.15) is 18.3 Å². The van der Waals surface area contributed by atoms with Crippen molar-refractivity contribution in [2.45, 2.75) is 37.3 Å². The van der Waals surface area contributed by atoms with Crippen LogP contribution in [0.5, 0.6) is 0 Å². The summed E-state index contributed by atoms with van der Waals surface area (Å²) in [6, 6.07) is -2.03. The summed E-state index contributed by atoms with van der Waals surface area (Å²) in [4.78, 5) is 22.5. The number of hydrogen-bond acceptors (Lipinski definition) is 7. The number of aliphatic hydroxyl groups excluding tert-OH is 3. The number of guanidine groups is 1. The second kappa shape index (κ2) is 9.02. The van der Waals surface area contributed by atoms with Gasteiger partial charge in [-0.1, -0.05) is 0 Å². The van der Waals surface area contributed by atoms with E-state index in [1.54, 1.807) is 0 Å². The van der Waals surface area contributed by atoms with Crippen molar-refractivity contribution in [2.24, 2.45) is 5.73 Å². The van der Waals surface area contributed by atoms with Crippen LogP contribution in [0.25, 0.3) is 0 Å². The first-order valence-corrected chi connectivity index (χ1v) is 6.63. The standard InChI is InChI=1S/C12H20N4O7.H2O/c1-4(18)15-8-5(16-12(13)14)2-7(11(21)22)23-10(8)9(20)6(19)3-17;/h2,5-6,8-10,17,19-20H,3H2,1H3,(H,15,18)(H,21,22)(H4,13,14,16);1H2/t5-,6+,8+,9+,10+;/m0./s1. The Balaban J connectivity index is 0.00000529. The molecular formula is C12H22N4O8. The molecule has 0 fully saturated rings. The lowest BCUT2D eigenvalue weighted by Gasteiger charge is -2.40. The molecule has 0 aromatic heterocycles. The van der Waals surface area contributed by atoms with Crippen molar-refractivity contribution in [1.29, 1.82) is 5.41 Å². The average molecular weight is 350 g/mol. The number of aliphatic carboxylic acids is 1. The van der Waals surface area contributed by atoms with Crippen molar-refractivity contribution in [1.82, 2.24) is 10.6 Å². The number of carbonyl (C=O) groups excluding carboxylic acids is 1. The normalized spacial score (nSPS) is 25.2. The molecule has 0 saturated heterocycles. The van der Waals surface area contributed by atoms with Crippen LogP contribution < -0.4 is 16.4 Å². The van der Waals surface area contributed by atoms with Crippen LogP contribution in [0.3, 0.4) is 0 Å². The van der Waals surface area contributed by atoms with Gasteiger partial charge in [-0.2, -0.15) is 0 Å². The lowest BCUT2D eigenvalue weighted by molar-refractivity contribution is -0.146. The predicted octanol–water partition coefficient (Wildman–Crippen LogP) is -4.40. The molecule has 5 atom stereocenters. The summed E-state index contributed by atoms with van der Waals surface area (Å²) >= 11 is 0. The van der Waals surface area contributed by atoms with Crippen molar-refractivity contribution in [2.75, 3.05) is 6.61 Å². The number of nitrogens with one attached hydrogen (secondary N) is 3. The van der Waals surface area contributed by atoms with Gasteiger partial charge in [-0.15, -0.1) is 0 Å². The highest BCUT2D eigenvalue weighted by atomic mass is 16.5. The molecule has 0 spiro atoms. The SMILES string of the molecule is CC(=O)N[C@H]1[C@H]([C@H](O)[C@H](O)CO)OC(C(=O)O)=C[C@@H]1NC(=N)N.O. The Morgan fingerprint density at radius 1 is 1.42 bits per heavy atom. The number of aliphatic hydroxyl groups is 3. The molecule has 1 aliphatic heterocycles. The first-order chi connectivity index (χ1) is 10.7. The van der Waals surface area contributed by atoms with Gasteiger partial charge < -0.3 is 47.0 Å². The Hall–Kier alpha value is -2.41. The minimum absolute atomic E-state index is 0. The van der Waals surface area contributed by atoms with E-state index < -0.39 is 60.6 Å². The first-order valence-electron chi connectivity index (χ1n) is 6.63. The Bertz CT molecular complexity index is 511. The molecule has 24 heavy (non-hydrogen) atoms. The highest BCUT2D eigenvalue weighted by Gasteiger charge is 2.43. The lowest BCUT2D eigenvalue weighted by Crippen LogP contribution is -2.64. The second-order valence-electron chi connectivity index (χ2n) is 4.97. The molecule has 12 nitrogen and oxygen atoms in total. The van der Waals surface area contributed by atoms with Gasteiger partial charge in [-0.25, -0.2) is 4.79 Å². The molecule has 1 rings (SSSR count). The van der Waals surface area contributed by atoms with E-state index in [9.17, 15) is 19.8 Å². The summed E-state index contributed by atoms with van der Waals surface area (Å²) in [5.41, 5.74) is 5.24. The van der Waals surface area contributed by atoms with E-state index >= 15 is 0 Å². The third-order valence-corrected chi connectivity index (χ3v) is 3.16. The summed E-state index contributed by atoms with van der Waals surface area (Å²) < 4.78 is 5.13. The molecule has 12 heteroatoms. The van der Waals surface area contributed by atoms with Crippen LogP contribution in [-0.4, -0.2) is 80.7 Å². The van der Waals surface area contributed by atoms with E-state index in [2.05, 4.69) is 10.6 Å². The van der Waals surface area contributed by atoms with Gasteiger partial charge in [-0.3, -0.25) is 10.2 Å². The van der Waals surface area contributed by atoms with Gasteiger partial charge in [0.25, 0.3) is 0 Å². The van der Waals surface area contributed by atoms with Gasteiger partial charge in [-0.05, 0) is 6.08 Å². The molecule has 0 bridgehead atoms. The van der Waals surface area contributed by atoms with Gasteiger partial charge in [0.05, 0.1) is 18.7 Å². The Kier molecular flexibility index (Phi) is 8.12. The van der Waals surface area contributed by atoms with Crippen LogP contribution >= 0.6 is 0 Å². The third-order valence-electron chi connectivity index (χ3n) is 3.16. The van der Waals surface area contributed by atoms with Gasteiger partial charge in [0, 0.05) is 6.92 Å². The minimum Gasteiger partial charge on any atom is -0.478 e. The van der Waals surface area contributed by atoms with E-state index in [0.717, 1.165) is 6.08 Å². The van der Waals surface area contributed by atoms with Crippen LogP contribution in [0.2, 0.25) is 0 Å². The Labute approximate surface area is 136 Å². The van der Waals surface area contributed by atoms with Gasteiger partial charge in [0.2, 0.25) is 11.7 Å². The largest absolute Gasteiger partial charge is 0.478 e. The number of nitrogens with two attached hydrogens (primary N) is 1. The van der Waals surface area contributed by atoms with E-state index in [-0.39, 0.29) is 5.48 Å². The quantitative estimate of drug-likeness (QED) is 0.170. The van der Waals surface area contributed by atoms with E-state index in [1.165, 1.54) is 6.92 Å². The van der Waals surface area contributed by atoms with E-state index in [1.807, 2.05) is 0 Å². The predicted molar refractivity (Wildman–Crippen MR) is 79.7 cm³/mol. The smallest absolute Gasteiger partial charge is 0.370 e. The van der Waals surface area contributed by atoms with Crippen LogP contribution in [0, 0.1) is 5.41 Å². The fraction of sp³-hybridized carbons (Fsp3) is 0.583. The van der Waals surface area contributed by atoms with Crippen LogP contribution in [0.4, 0.5) is 0 Å². The molecule has 0 radical (unpaired) electrons. The number of ether oxygens (including phenoxy) is 1. The molecule has 1 heterocycles. The number of amides is 1. The topological polar surface area (TPSA) is 230 Å². The summed E-state index contributed by atoms with van der Waals surface area (Å²) in [5, 5.41) is 49.8. The van der Waals surface area contributed by atoms with Crippen molar-refractivity contribution in [3.05, 3.63) is 11.8 Å². The van der Waals surface area contributed by atoms with Crippen LogP contribution in [0.1, 0.15) is 6.92 Å². The molecule has 0 aromatic rings. The number of carboxylic acids is 1. The fourth-order valence-corrected chi connectivity index (χ4v) is 2.18. The van der Waals surface area contributed by atoms with E-state index in [4.69, 9.17) is 26.1 Å². The average Bonchev–Trinajstić information content (AvgIpc) is 2.45. The Morgan fingerprint density at radius 3 is 2.42 bits per heavy atom. The molecule has 0 saturated carbocycles. The summed E-state index contributed by atoms with van der Waals surface area (Å²) in [7, 11) is 0. The van der Waals surface area contributed by atoms with Crippen molar-refractivity contribution in [3.8, 4) is 0 Å². The van der Waals surface area contributed by atoms with Gasteiger partial charge >= 0.3 is 5.97 Å². The molecule has 138 valence electrons. The molecule has 0 aliphatic carbocycles. The molecule has 11 N–H and O–H groups in total. The van der Waals surface area contributed by atoms with Crippen molar-refractivity contribution >= 4 is 17.8 Å². The highest BCUT2D eigenvalue weighted by Crippen LogP contribution is 2.23. The zero-order valence-electron chi connectivity index (χ0n) is 12.8. The number of rotatable bonds is 6. The summed E-state index contributed by atoms with van der Waals surface area (Å²) in [6.45, 7) is 0.387. The molecule has 0 unspecified atom stereocenters. The number of carbonyl (C=O) groups is 2. The maximum atomic E-state index is 11.4. The van der Waals surface area contributed by atoms with Gasteiger partial charge in [0.15, 0.2) is 5.96 Å². The summed E-state index contributed by atoms with van der Waals surface area (Å²) in [6.07, 6.45) is -3.63. The second-order valence-corrected chi connectivity index (χ2v) is 4.97. The minimum atomic E-state index is -1.70. The third kappa shape index (κ3) is 5.34. The Morgan fingerprint density at radius 2 is 2.00 bits per heavy atom. The van der Waals surface area contributed by atoms with Crippen LogP contribution in [-0.2, 0) is 14.3 Å². The fourth-order valence-electron chi connectivity index (χ4n) is 2.18. The lowest BCUT2D eigenvalue weighted by atomic mass is 9.92. The first kappa shape index (κ1) is 21.6. The molecule has 0 aromatic carbocycles. The van der Waals surface area contributed by atoms with Crippen LogP contribution in [0.15, 0.2) is 11.8 Å². The zero-order chi connectivity index (χ0) is 17.7. The zero-order valence-corrected chi connectivity index (χ0v) is 12.8. The van der Waals surface area contributed by atoms with Crippen molar-refractivity contribution in [3.63, 3.8) is 0 Å². The molecule has 1 aliphatic rings. The molecular weight excluding hydrogens is 328 g/mol.